The number of carbonyl (C=O) groups excluding carboxylic acids is 3. The second-order valence-electron chi connectivity index (χ2n) is 6.72. The Morgan fingerprint density at radius 1 is 0.793 bits per heavy atom. The second kappa shape index (κ2) is 12.6. The Hall–Kier alpha value is -2.77. The van der Waals surface area contributed by atoms with E-state index in [1.165, 1.54) is 0 Å². The Morgan fingerprint density at radius 2 is 1.21 bits per heavy atom. The fraction of sp³-hybridized carbons (Fsp3) is 0.688. The van der Waals surface area contributed by atoms with E-state index >= 15 is 0 Å². The average Bonchev–Trinajstić information content (AvgIpc) is 2.61. The molecule has 0 aliphatic heterocycles. The van der Waals surface area contributed by atoms with E-state index in [2.05, 4.69) is 10.6 Å². The highest BCUT2D eigenvalue weighted by Crippen LogP contribution is 2.05. The zero-order valence-corrected chi connectivity index (χ0v) is 16.1. The molecule has 0 saturated heterocycles. The van der Waals surface area contributed by atoms with Crippen molar-refractivity contribution in [3.63, 3.8) is 0 Å². The van der Waals surface area contributed by atoms with Gasteiger partial charge in [0.1, 0.15) is 18.1 Å². The molecule has 13 nitrogen and oxygen atoms in total. The van der Waals surface area contributed by atoms with Crippen LogP contribution in [0.15, 0.2) is 0 Å². The van der Waals surface area contributed by atoms with Crippen molar-refractivity contribution >= 4 is 29.7 Å². The highest BCUT2D eigenvalue weighted by Gasteiger charge is 2.30. The molecular formula is C16H28N4O9. The minimum atomic E-state index is -1.57. The van der Waals surface area contributed by atoms with Crippen LogP contribution in [-0.4, -0.2) is 87.5 Å². The van der Waals surface area contributed by atoms with Crippen LogP contribution in [-0.2, 0) is 24.0 Å². The number of nitrogens with two attached hydrogens (primary N) is 1. The number of carboxylic acids is 2. The van der Waals surface area contributed by atoms with E-state index in [4.69, 9.17) is 15.9 Å². The van der Waals surface area contributed by atoms with Crippen molar-refractivity contribution in [3.8, 4) is 0 Å². The van der Waals surface area contributed by atoms with Gasteiger partial charge in [0.2, 0.25) is 17.7 Å². The van der Waals surface area contributed by atoms with Gasteiger partial charge in [-0.3, -0.25) is 19.2 Å². The van der Waals surface area contributed by atoms with Gasteiger partial charge in [-0.05, 0) is 12.3 Å². The molecule has 0 heterocycles. The Labute approximate surface area is 166 Å². The average molecular weight is 420 g/mol. The molecule has 29 heavy (non-hydrogen) atoms. The van der Waals surface area contributed by atoms with Crippen LogP contribution in [0.2, 0.25) is 0 Å². The number of aliphatic carboxylic acids is 2. The van der Waals surface area contributed by atoms with Gasteiger partial charge < -0.3 is 42.1 Å². The maximum Gasteiger partial charge on any atom is 0.326 e. The molecule has 0 radical (unpaired) electrons. The van der Waals surface area contributed by atoms with E-state index in [1.54, 1.807) is 13.8 Å². The van der Waals surface area contributed by atoms with Gasteiger partial charge in [0.25, 0.3) is 0 Å². The summed E-state index contributed by atoms with van der Waals surface area (Å²) in [7, 11) is 0. The number of rotatable bonds is 13. The maximum atomic E-state index is 12.2. The summed E-state index contributed by atoms with van der Waals surface area (Å²) in [6.45, 7) is 1.71. The Balaban J connectivity index is 5.00. The smallest absolute Gasteiger partial charge is 0.326 e. The standard InChI is InChI=1S/C16H28N4O9/c1-7(2)3-9(16(28)29)18-14(26)11(6-22)20-15(27)10(5-21)19-13(25)8(17)4-12(23)24/h7-11,21-22H,3-6,17H2,1-2H3,(H,18,26)(H,19,25)(H,20,27)(H,23,24)(H,28,29). The number of aliphatic hydroxyl groups is 2. The minimum Gasteiger partial charge on any atom is -0.481 e. The predicted octanol–water partition coefficient (Wildman–Crippen LogP) is -3.64. The quantitative estimate of drug-likeness (QED) is 0.146. The lowest BCUT2D eigenvalue weighted by Crippen LogP contribution is -2.59. The molecule has 0 aromatic heterocycles. The molecule has 0 rings (SSSR count). The lowest BCUT2D eigenvalue weighted by molar-refractivity contribution is -0.143. The van der Waals surface area contributed by atoms with Crippen molar-refractivity contribution in [2.75, 3.05) is 13.2 Å². The van der Waals surface area contributed by atoms with Crippen LogP contribution in [0.3, 0.4) is 0 Å². The first kappa shape index (κ1) is 26.2. The minimum absolute atomic E-state index is 0.0532. The van der Waals surface area contributed by atoms with Crippen LogP contribution in [0.1, 0.15) is 26.7 Å². The van der Waals surface area contributed by atoms with E-state index in [-0.39, 0.29) is 12.3 Å². The SMILES string of the molecule is CC(C)CC(NC(=O)C(CO)NC(=O)C(CO)NC(=O)C(N)CC(=O)O)C(=O)O. The lowest BCUT2D eigenvalue weighted by Gasteiger charge is -2.23. The van der Waals surface area contributed by atoms with E-state index in [9.17, 15) is 34.2 Å². The van der Waals surface area contributed by atoms with Crippen LogP contribution in [0.25, 0.3) is 0 Å². The molecule has 0 aliphatic carbocycles. The second-order valence-corrected chi connectivity index (χ2v) is 6.72. The third kappa shape index (κ3) is 9.82. The first-order chi connectivity index (χ1) is 13.4. The molecule has 0 fully saturated rings. The van der Waals surface area contributed by atoms with Crippen molar-refractivity contribution in [2.45, 2.75) is 50.9 Å². The van der Waals surface area contributed by atoms with Gasteiger partial charge in [-0.1, -0.05) is 13.8 Å². The molecule has 0 saturated carbocycles. The molecule has 166 valence electrons. The number of amides is 3. The monoisotopic (exact) mass is 420 g/mol. The first-order valence-corrected chi connectivity index (χ1v) is 8.75. The van der Waals surface area contributed by atoms with Crippen molar-refractivity contribution in [2.24, 2.45) is 11.7 Å². The van der Waals surface area contributed by atoms with Crippen molar-refractivity contribution in [1.82, 2.24) is 16.0 Å². The normalized spacial score (nSPS) is 15.0. The topological polar surface area (TPSA) is 228 Å². The van der Waals surface area contributed by atoms with Gasteiger partial charge in [-0.15, -0.1) is 0 Å². The van der Waals surface area contributed by atoms with Crippen LogP contribution in [0.4, 0.5) is 0 Å². The van der Waals surface area contributed by atoms with Gasteiger partial charge in [0.15, 0.2) is 0 Å². The molecule has 13 heteroatoms. The summed E-state index contributed by atoms with van der Waals surface area (Å²) in [6, 6.07) is -5.83. The third-order valence-electron chi connectivity index (χ3n) is 3.68. The zero-order valence-electron chi connectivity index (χ0n) is 16.1. The third-order valence-corrected chi connectivity index (χ3v) is 3.68. The van der Waals surface area contributed by atoms with Crippen LogP contribution in [0.5, 0.6) is 0 Å². The molecule has 0 aromatic rings. The van der Waals surface area contributed by atoms with Gasteiger partial charge >= 0.3 is 11.9 Å². The molecule has 0 bridgehead atoms. The lowest BCUT2D eigenvalue weighted by atomic mass is 10.0. The van der Waals surface area contributed by atoms with E-state index in [0.717, 1.165) is 0 Å². The summed E-state index contributed by atoms with van der Waals surface area (Å²) >= 11 is 0. The molecule has 0 aromatic carbocycles. The van der Waals surface area contributed by atoms with Gasteiger partial charge in [0.05, 0.1) is 25.7 Å². The van der Waals surface area contributed by atoms with E-state index < -0.39 is 73.5 Å². The van der Waals surface area contributed by atoms with Gasteiger partial charge in [0, 0.05) is 0 Å². The number of carbonyl (C=O) groups is 5. The largest absolute Gasteiger partial charge is 0.481 e. The Bertz CT molecular complexity index is 611. The summed E-state index contributed by atoms with van der Waals surface area (Å²) < 4.78 is 0. The first-order valence-electron chi connectivity index (χ1n) is 8.75. The maximum absolute atomic E-state index is 12.2. The van der Waals surface area contributed by atoms with Crippen molar-refractivity contribution in [1.29, 1.82) is 0 Å². The van der Waals surface area contributed by atoms with Crippen molar-refractivity contribution < 1.29 is 44.4 Å². The molecule has 4 unspecified atom stereocenters. The zero-order chi connectivity index (χ0) is 22.7. The summed E-state index contributed by atoms with van der Waals surface area (Å²) in [4.78, 5) is 57.9. The molecule has 3 amide bonds. The number of hydrogen-bond donors (Lipinski definition) is 8. The molecular weight excluding hydrogens is 392 g/mol. The summed E-state index contributed by atoms with van der Waals surface area (Å²) in [5.41, 5.74) is 5.35. The number of nitrogens with one attached hydrogen (secondary N) is 3. The molecule has 0 aliphatic rings. The van der Waals surface area contributed by atoms with Crippen LogP contribution < -0.4 is 21.7 Å². The fourth-order valence-corrected chi connectivity index (χ4v) is 2.19. The van der Waals surface area contributed by atoms with E-state index in [1.807, 2.05) is 5.32 Å². The van der Waals surface area contributed by atoms with Gasteiger partial charge in [-0.25, -0.2) is 4.79 Å². The highest BCUT2D eigenvalue weighted by molar-refractivity contribution is 5.94. The van der Waals surface area contributed by atoms with Crippen molar-refractivity contribution in [3.05, 3.63) is 0 Å². The summed E-state index contributed by atoms with van der Waals surface area (Å²) in [5.74, 6) is -5.74. The Morgan fingerprint density at radius 3 is 1.55 bits per heavy atom. The van der Waals surface area contributed by atoms with Crippen LogP contribution in [0, 0.1) is 5.92 Å². The molecule has 0 spiro atoms. The van der Waals surface area contributed by atoms with Gasteiger partial charge in [-0.2, -0.15) is 0 Å². The Kier molecular flexibility index (Phi) is 11.4. The molecule has 9 N–H and O–H groups in total. The van der Waals surface area contributed by atoms with E-state index in [0.29, 0.717) is 0 Å². The summed E-state index contributed by atoms with van der Waals surface area (Å²) in [6.07, 6.45) is -0.594. The fourth-order valence-electron chi connectivity index (χ4n) is 2.19. The molecule has 4 atom stereocenters. The van der Waals surface area contributed by atoms with Crippen LogP contribution >= 0.6 is 0 Å². The number of aliphatic hydroxyl groups excluding tert-OH is 2. The predicted molar refractivity (Wildman–Crippen MR) is 97.3 cm³/mol. The highest BCUT2D eigenvalue weighted by atomic mass is 16.4. The number of carboxylic acid groups (broad SMARTS) is 2. The number of hydrogen-bond acceptors (Lipinski definition) is 8. The summed E-state index contributed by atoms with van der Waals surface area (Å²) in [5, 5.41) is 42.7.